The third-order valence-corrected chi connectivity index (χ3v) is 6.31. The van der Waals surface area contributed by atoms with Crippen LogP contribution >= 0.6 is 15.9 Å². The van der Waals surface area contributed by atoms with Crippen molar-refractivity contribution in [3.05, 3.63) is 93.2 Å². The van der Waals surface area contributed by atoms with E-state index in [2.05, 4.69) is 52.4 Å². The molecule has 1 aliphatic heterocycles. The highest BCUT2D eigenvalue weighted by molar-refractivity contribution is 9.10. The monoisotopic (exact) mass is 496 g/mol. The van der Waals surface area contributed by atoms with E-state index in [4.69, 9.17) is 9.73 Å². The number of aromatic hydroxyl groups is 1. The van der Waals surface area contributed by atoms with Gasteiger partial charge in [-0.25, -0.2) is 4.39 Å². The quantitative estimate of drug-likeness (QED) is 0.410. The van der Waals surface area contributed by atoms with Gasteiger partial charge in [0.25, 0.3) is 0 Å². The molecule has 2 N–H and O–H groups in total. The predicted molar refractivity (Wildman–Crippen MR) is 129 cm³/mol. The third-order valence-electron chi connectivity index (χ3n) is 5.70. The lowest BCUT2D eigenvalue weighted by Gasteiger charge is -2.31. The second-order valence-corrected chi connectivity index (χ2v) is 8.61. The van der Waals surface area contributed by atoms with Crippen molar-refractivity contribution >= 4 is 21.6 Å². The van der Waals surface area contributed by atoms with Gasteiger partial charge in [0.2, 0.25) is 0 Å². The molecule has 0 fully saturated rings. The van der Waals surface area contributed by atoms with E-state index in [1.807, 2.05) is 19.1 Å². The molecule has 0 radical (unpaired) electrons. The molecule has 166 valence electrons. The number of hydrogen-bond donors (Lipinski definition) is 2. The highest BCUT2D eigenvalue weighted by Gasteiger charge is 2.29. The topological polar surface area (TPSA) is 53.8 Å². The molecule has 1 aliphatic rings. The zero-order valence-electron chi connectivity index (χ0n) is 18.1. The second-order valence-electron chi connectivity index (χ2n) is 7.75. The van der Waals surface area contributed by atoms with E-state index in [1.54, 1.807) is 18.2 Å². The zero-order chi connectivity index (χ0) is 22.7. The fourth-order valence-electron chi connectivity index (χ4n) is 3.96. The highest BCUT2D eigenvalue weighted by atomic mass is 79.9. The maximum absolute atomic E-state index is 13.8. The van der Waals surface area contributed by atoms with E-state index in [0.717, 1.165) is 28.8 Å². The van der Waals surface area contributed by atoms with Crippen molar-refractivity contribution in [2.45, 2.75) is 38.9 Å². The van der Waals surface area contributed by atoms with Crippen LogP contribution in [0.1, 0.15) is 54.7 Å². The van der Waals surface area contributed by atoms with Gasteiger partial charge in [0.05, 0.1) is 11.1 Å². The summed E-state index contributed by atoms with van der Waals surface area (Å²) < 4.78 is 19.8. The van der Waals surface area contributed by atoms with Crippen molar-refractivity contribution in [2.24, 2.45) is 4.99 Å². The first-order valence-corrected chi connectivity index (χ1v) is 11.6. The van der Waals surface area contributed by atoms with Crippen LogP contribution in [0.3, 0.4) is 0 Å². The largest absolute Gasteiger partial charge is 0.504 e. The predicted octanol–water partition coefficient (Wildman–Crippen LogP) is 6.48. The normalized spacial score (nSPS) is 18.3. The lowest BCUT2D eigenvalue weighted by atomic mass is 9.93. The van der Waals surface area contributed by atoms with Gasteiger partial charge < -0.3 is 9.84 Å². The average molecular weight is 497 g/mol. The maximum atomic E-state index is 13.8. The van der Waals surface area contributed by atoms with Gasteiger partial charge in [0.15, 0.2) is 11.5 Å². The molecule has 0 bridgehead atoms. The first-order valence-electron chi connectivity index (χ1n) is 10.8. The molecule has 3 aromatic carbocycles. The fraction of sp³-hybridized carbons (Fsp3) is 0.269. The van der Waals surface area contributed by atoms with Gasteiger partial charge in [-0.05, 0) is 64.2 Å². The Morgan fingerprint density at radius 1 is 1.12 bits per heavy atom. The van der Waals surface area contributed by atoms with E-state index in [0.29, 0.717) is 23.2 Å². The van der Waals surface area contributed by atoms with Gasteiger partial charge in [-0.2, -0.15) is 0 Å². The van der Waals surface area contributed by atoms with Gasteiger partial charge in [-0.1, -0.05) is 49.4 Å². The zero-order valence-corrected chi connectivity index (χ0v) is 19.7. The van der Waals surface area contributed by atoms with Gasteiger partial charge in [-0.15, -0.1) is 0 Å². The first kappa shape index (κ1) is 22.5. The lowest BCUT2D eigenvalue weighted by molar-refractivity contribution is 0.313. The van der Waals surface area contributed by atoms with E-state index >= 15 is 0 Å². The molecular weight excluding hydrogens is 471 g/mol. The van der Waals surface area contributed by atoms with Gasteiger partial charge in [-0.3, -0.25) is 10.3 Å². The number of phenolic OH excluding ortho intramolecular Hbond substituents is 1. The van der Waals surface area contributed by atoms with Crippen molar-refractivity contribution in [2.75, 3.05) is 6.61 Å². The number of aliphatic imine (C=N–C) groups is 1. The summed E-state index contributed by atoms with van der Waals surface area (Å²) in [6.45, 7) is 4.49. The minimum absolute atomic E-state index is 0.133. The van der Waals surface area contributed by atoms with E-state index < -0.39 is 0 Å². The minimum Gasteiger partial charge on any atom is -0.504 e. The number of ether oxygens (including phenoxy) is 1. The van der Waals surface area contributed by atoms with Crippen molar-refractivity contribution in [3.63, 3.8) is 0 Å². The van der Waals surface area contributed by atoms with Crippen LogP contribution in [-0.2, 0) is 6.42 Å². The molecule has 0 spiro atoms. The van der Waals surface area contributed by atoms with Gasteiger partial charge in [0, 0.05) is 23.7 Å². The van der Waals surface area contributed by atoms with Crippen LogP contribution in [0, 0.1) is 5.82 Å². The average Bonchev–Trinajstić information content (AvgIpc) is 2.82. The molecule has 4 nitrogen and oxygen atoms in total. The number of aryl methyl sites for hydroxylation is 1. The Balaban J connectivity index is 1.75. The molecule has 0 amide bonds. The van der Waals surface area contributed by atoms with E-state index in [1.165, 1.54) is 11.6 Å². The summed E-state index contributed by atoms with van der Waals surface area (Å²) >= 11 is 3.28. The summed E-state index contributed by atoms with van der Waals surface area (Å²) in [4.78, 5) is 4.96. The Hall–Kier alpha value is -2.70. The smallest absolute Gasteiger partial charge is 0.162 e. The molecule has 0 aromatic heterocycles. The maximum Gasteiger partial charge on any atom is 0.162 e. The Labute approximate surface area is 196 Å². The molecule has 0 saturated heterocycles. The number of rotatable bonds is 6. The number of hydrogen-bond acceptors (Lipinski definition) is 4. The van der Waals surface area contributed by atoms with Crippen LogP contribution in [0.5, 0.6) is 11.5 Å². The molecule has 1 heterocycles. The second kappa shape index (κ2) is 9.84. The highest BCUT2D eigenvalue weighted by Crippen LogP contribution is 2.39. The van der Waals surface area contributed by atoms with Crippen LogP contribution in [0.2, 0.25) is 0 Å². The summed E-state index contributed by atoms with van der Waals surface area (Å²) in [6.07, 6.45) is 1.19. The van der Waals surface area contributed by atoms with E-state index in [-0.39, 0.29) is 23.8 Å². The molecule has 32 heavy (non-hydrogen) atoms. The number of nitrogens with zero attached hydrogens (tertiary/aromatic N) is 1. The molecule has 0 aliphatic carbocycles. The van der Waals surface area contributed by atoms with Gasteiger partial charge >= 0.3 is 0 Å². The standard InChI is InChI=1S/C26H26BrFN2O2/c1-3-16-8-10-17(11-9-16)22-15-23(19-6-5-7-24(25(19)31)32-4-2)30-26(29-22)18-12-13-21(28)20(27)14-18/h5-14,23,26,30-31H,3-4,15H2,1-2H3/t23-,26+/m0/s1. The molecule has 0 unspecified atom stereocenters. The van der Waals surface area contributed by atoms with Gasteiger partial charge in [0.1, 0.15) is 12.0 Å². The Bertz CT molecular complexity index is 1130. The molecule has 4 rings (SSSR count). The van der Waals surface area contributed by atoms with E-state index in [9.17, 15) is 9.50 Å². The van der Waals surface area contributed by atoms with Crippen molar-refractivity contribution in [1.82, 2.24) is 5.32 Å². The first-order chi connectivity index (χ1) is 15.5. The summed E-state index contributed by atoms with van der Waals surface area (Å²) in [5, 5.41) is 14.4. The summed E-state index contributed by atoms with van der Waals surface area (Å²) in [5.41, 5.74) is 4.83. The van der Waals surface area contributed by atoms with Crippen LogP contribution < -0.4 is 10.1 Å². The Kier molecular flexibility index (Phi) is 6.92. The van der Waals surface area contributed by atoms with Crippen molar-refractivity contribution in [1.29, 1.82) is 0 Å². The number of para-hydroxylation sites is 1. The van der Waals surface area contributed by atoms with Crippen LogP contribution in [-0.4, -0.2) is 17.4 Å². The summed E-state index contributed by atoms with van der Waals surface area (Å²) in [6, 6.07) is 18.7. The Morgan fingerprint density at radius 3 is 2.59 bits per heavy atom. The Morgan fingerprint density at radius 2 is 1.91 bits per heavy atom. The number of benzene rings is 3. The lowest BCUT2D eigenvalue weighted by Crippen LogP contribution is -2.33. The summed E-state index contributed by atoms with van der Waals surface area (Å²) in [7, 11) is 0. The third kappa shape index (κ3) is 4.71. The van der Waals surface area contributed by atoms with Crippen LogP contribution in [0.15, 0.2) is 70.1 Å². The number of halogens is 2. The molecular formula is C26H26BrFN2O2. The summed E-state index contributed by atoms with van der Waals surface area (Å²) in [5.74, 6) is 0.278. The number of phenols is 1. The minimum atomic E-state index is -0.387. The number of nitrogens with one attached hydrogen (secondary N) is 1. The SMILES string of the molecule is CCOc1cccc([C@@H]2CC(c3ccc(CC)cc3)=N[C@@H](c3ccc(F)c(Br)c3)N2)c1O. The van der Waals surface area contributed by atoms with Crippen LogP contribution in [0.25, 0.3) is 0 Å². The van der Waals surface area contributed by atoms with Crippen molar-refractivity contribution < 1.29 is 14.2 Å². The molecule has 0 saturated carbocycles. The fourth-order valence-corrected chi connectivity index (χ4v) is 4.36. The van der Waals surface area contributed by atoms with Crippen LogP contribution in [0.4, 0.5) is 4.39 Å². The molecule has 2 atom stereocenters. The molecule has 3 aromatic rings. The van der Waals surface area contributed by atoms with Crippen molar-refractivity contribution in [3.8, 4) is 11.5 Å². The molecule has 6 heteroatoms.